The summed E-state index contributed by atoms with van der Waals surface area (Å²) in [4.78, 5) is 0. The second kappa shape index (κ2) is 6.55. The maximum absolute atomic E-state index is 6.10. The summed E-state index contributed by atoms with van der Waals surface area (Å²) in [5.74, 6) is 0.302. The van der Waals surface area contributed by atoms with Gasteiger partial charge >= 0.3 is 0 Å². The molecule has 1 atom stereocenters. The molecule has 0 saturated heterocycles. The number of halogens is 1. The van der Waals surface area contributed by atoms with Crippen molar-refractivity contribution in [2.75, 3.05) is 6.54 Å². The van der Waals surface area contributed by atoms with E-state index in [1.54, 1.807) is 0 Å². The van der Waals surface area contributed by atoms with E-state index in [0.717, 1.165) is 18.0 Å². The molecule has 3 rings (SSSR count). The van der Waals surface area contributed by atoms with Gasteiger partial charge in [-0.2, -0.15) is 0 Å². The molecule has 114 valence electrons. The predicted molar refractivity (Wildman–Crippen MR) is 94.6 cm³/mol. The molecule has 0 spiro atoms. The highest BCUT2D eigenvalue weighted by Gasteiger charge is 2.17. The summed E-state index contributed by atoms with van der Waals surface area (Å²) in [5, 5.41) is 2.09. The first kappa shape index (κ1) is 15.1. The molecular formula is C19H21ClN2. The van der Waals surface area contributed by atoms with Crippen molar-refractivity contribution in [1.29, 1.82) is 0 Å². The van der Waals surface area contributed by atoms with Gasteiger partial charge in [-0.1, -0.05) is 41.9 Å². The van der Waals surface area contributed by atoms with Crippen LogP contribution in [0.15, 0.2) is 54.7 Å². The minimum absolute atomic E-state index is 0.302. The molecule has 0 aliphatic rings. The molecule has 3 aromatic rings. The molecule has 0 aliphatic carbocycles. The zero-order chi connectivity index (χ0) is 15.5. The number of para-hydroxylation sites is 1. The molecule has 0 radical (unpaired) electrons. The van der Waals surface area contributed by atoms with Crippen LogP contribution in [0.4, 0.5) is 0 Å². The van der Waals surface area contributed by atoms with Crippen molar-refractivity contribution >= 4 is 22.5 Å². The van der Waals surface area contributed by atoms with Crippen LogP contribution in [-0.4, -0.2) is 11.1 Å². The largest absolute Gasteiger partial charge is 0.347 e. The SMILES string of the molecule is CCn1cc(C(CN)Cc2cccc(Cl)c2)c2ccccc21. The maximum Gasteiger partial charge on any atom is 0.0483 e. The quantitative estimate of drug-likeness (QED) is 0.733. The van der Waals surface area contributed by atoms with E-state index in [0.29, 0.717) is 12.5 Å². The fourth-order valence-corrected chi connectivity index (χ4v) is 3.34. The highest BCUT2D eigenvalue weighted by atomic mass is 35.5. The lowest BCUT2D eigenvalue weighted by molar-refractivity contribution is 0.690. The molecule has 22 heavy (non-hydrogen) atoms. The molecule has 1 heterocycles. The first-order chi connectivity index (χ1) is 10.7. The standard InChI is InChI=1S/C19H21ClN2/c1-2-22-13-18(17-8-3-4-9-19(17)22)15(12-21)10-14-6-5-7-16(20)11-14/h3-9,11,13,15H,2,10,12,21H2,1H3. The van der Waals surface area contributed by atoms with Crippen LogP contribution >= 0.6 is 11.6 Å². The summed E-state index contributed by atoms with van der Waals surface area (Å²) in [6, 6.07) is 16.6. The van der Waals surface area contributed by atoms with Crippen LogP contribution in [0.2, 0.25) is 5.02 Å². The molecule has 1 unspecified atom stereocenters. The summed E-state index contributed by atoms with van der Waals surface area (Å²) in [7, 11) is 0. The van der Waals surface area contributed by atoms with E-state index in [4.69, 9.17) is 17.3 Å². The van der Waals surface area contributed by atoms with Crippen LogP contribution < -0.4 is 5.73 Å². The number of aromatic nitrogens is 1. The van der Waals surface area contributed by atoms with Crippen LogP contribution in [0.3, 0.4) is 0 Å². The van der Waals surface area contributed by atoms with Gasteiger partial charge in [0.2, 0.25) is 0 Å². The summed E-state index contributed by atoms with van der Waals surface area (Å²) >= 11 is 6.10. The Bertz CT molecular complexity index is 776. The Hall–Kier alpha value is -1.77. The number of hydrogen-bond acceptors (Lipinski definition) is 1. The Balaban J connectivity index is 2.00. The van der Waals surface area contributed by atoms with Crippen molar-refractivity contribution in [3.63, 3.8) is 0 Å². The van der Waals surface area contributed by atoms with Gasteiger partial charge in [0, 0.05) is 34.6 Å². The van der Waals surface area contributed by atoms with Gasteiger partial charge in [-0.15, -0.1) is 0 Å². The zero-order valence-corrected chi connectivity index (χ0v) is 13.6. The number of fused-ring (bicyclic) bond motifs is 1. The Kier molecular flexibility index (Phi) is 4.51. The summed E-state index contributed by atoms with van der Waals surface area (Å²) in [6.07, 6.45) is 3.17. The molecule has 3 heteroatoms. The first-order valence-corrected chi connectivity index (χ1v) is 8.13. The van der Waals surface area contributed by atoms with Crippen molar-refractivity contribution < 1.29 is 0 Å². The lowest BCUT2D eigenvalue weighted by atomic mass is 9.92. The van der Waals surface area contributed by atoms with Crippen LogP contribution in [-0.2, 0) is 13.0 Å². The maximum atomic E-state index is 6.10. The fraction of sp³-hybridized carbons (Fsp3) is 0.263. The average molecular weight is 313 g/mol. The molecule has 0 amide bonds. The van der Waals surface area contributed by atoms with E-state index < -0.39 is 0 Å². The third-order valence-corrected chi connectivity index (χ3v) is 4.49. The van der Waals surface area contributed by atoms with Gasteiger partial charge in [0.05, 0.1) is 0 Å². The number of nitrogens with zero attached hydrogens (tertiary/aromatic N) is 1. The molecule has 0 saturated carbocycles. The van der Waals surface area contributed by atoms with Gasteiger partial charge in [-0.05, 0) is 49.2 Å². The van der Waals surface area contributed by atoms with Crippen LogP contribution in [0.25, 0.3) is 10.9 Å². The topological polar surface area (TPSA) is 30.9 Å². The minimum Gasteiger partial charge on any atom is -0.347 e. The van der Waals surface area contributed by atoms with Gasteiger partial charge in [0.15, 0.2) is 0 Å². The molecule has 0 fully saturated rings. The van der Waals surface area contributed by atoms with Crippen LogP contribution in [0.5, 0.6) is 0 Å². The van der Waals surface area contributed by atoms with Crippen molar-refractivity contribution in [1.82, 2.24) is 4.57 Å². The van der Waals surface area contributed by atoms with E-state index in [1.165, 1.54) is 22.0 Å². The van der Waals surface area contributed by atoms with E-state index in [-0.39, 0.29) is 0 Å². The number of nitrogens with two attached hydrogens (primary N) is 1. The van der Waals surface area contributed by atoms with Crippen molar-refractivity contribution in [2.24, 2.45) is 5.73 Å². The number of rotatable bonds is 5. The van der Waals surface area contributed by atoms with Crippen LogP contribution in [0, 0.1) is 0 Å². The molecule has 2 nitrogen and oxygen atoms in total. The summed E-state index contributed by atoms with van der Waals surface area (Å²) in [5.41, 5.74) is 9.94. The Labute approximate surface area is 136 Å². The predicted octanol–water partition coefficient (Wildman–Crippen LogP) is 4.60. The lowest BCUT2D eigenvalue weighted by Gasteiger charge is -2.14. The van der Waals surface area contributed by atoms with E-state index >= 15 is 0 Å². The average Bonchev–Trinajstić information content (AvgIpc) is 2.91. The smallest absolute Gasteiger partial charge is 0.0483 e. The van der Waals surface area contributed by atoms with E-state index in [1.807, 2.05) is 18.2 Å². The van der Waals surface area contributed by atoms with Gasteiger partial charge in [-0.25, -0.2) is 0 Å². The molecule has 0 bridgehead atoms. The van der Waals surface area contributed by atoms with Gasteiger partial charge in [0.1, 0.15) is 0 Å². The van der Waals surface area contributed by atoms with E-state index in [9.17, 15) is 0 Å². The third-order valence-electron chi connectivity index (χ3n) is 4.26. The summed E-state index contributed by atoms with van der Waals surface area (Å²) < 4.78 is 2.30. The zero-order valence-electron chi connectivity index (χ0n) is 12.8. The van der Waals surface area contributed by atoms with Crippen molar-refractivity contribution in [3.05, 3.63) is 70.9 Å². The Morgan fingerprint density at radius 3 is 2.68 bits per heavy atom. The number of aryl methyl sites for hydroxylation is 1. The fourth-order valence-electron chi connectivity index (χ4n) is 3.13. The highest BCUT2D eigenvalue weighted by molar-refractivity contribution is 6.30. The minimum atomic E-state index is 0.302. The van der Waals surface area contributed by atoms with Crippen LogP contribution in [0.1, 0.15) is 24.0 Å². The normalized spacial score (nSPS) is 12.7. The molecule has 1 aromatic heterocycles. The second-order valence-corrected chi connectivity index (χ2v) is 6.09. The Morgan fingerprint density at radius 2 is 1.95 bits per heavy atom. The monoisotopic (exact) mass is 312 g/mol. The summed E-state index contributed by atoms with van der Waals surface area (Å²) in [6.45, 7) is 3.77. The van der Waals surface area contributed by atoms with Crippen molar-refractivity contribution in [2.45, 2.75) is 25.8 Å². The van der Waals surface area contributed by atoms with E-state index in [2.05, 4.69) is 48.0 Å². The molecule has 2 aromatic carbocycles. The van der Waals surface area contributed by atoms with Gasteiger partial charge < -0.3 is 10.3 Å². The van der Waals surface area contributed by atoms with Gasteiger partial charge in [0.25, 0.3) is 0 Å². The Morgan fingerprint density at radius 1 is 1.14 bits per heavy atom. The first-order valence-electron chi connectivity index (χ1n) is 7.75. The third kappa shape index (κ3) is 2.90. The highest BCUT2D eigenvalue weighted by Crippen LogP contribution is 2.30. The number of hydrogen-bond donors (Lipinski definition) is 1. The molecular weight excluding hydrogens is 292 g/mol. The second-order valence-electron chi connectivity index (χ2n) is 5.65. The van der Waals surface area contributed by atoms with Crippen molar-refractivity contribution in [3.8, 4) is 0 Å². The van der Waals surface area contributed by atoms with Gasteiger partial charge in [-0.3, -0.25) is 0 Å². The molecule has 0 aliphatic heterocycles. The lowest BCUT2D eigenvalue weighted by Crippen LogP contribution is -2.15. The molecule has 2 N–H and O–H groups in total. The number of benzene rings is 2.